The first-order valence-electron chi connectivity index (χ1n) is 11.5. The minimum atomic E-state index is -0.0371. The third kappa shape index (κ3) is 4.15. The summed E-state index contributed by atoms with van der Waals surface area (Å²) >= 11 is 1.71. The Morgan fingerprint density at radius 3 is 2.74 bits per heavy atom. The number of rotatable bonds is 5. The Morgan fingerprint density at radius 1 is 1.18 bits per heavy atom. The van der Waals surface area contributed by atoms with Crippen LogP contribution in [0.1, 0.15) is 31.5 Å². The number of fused-ring (bicyclic) bond motifs is 1. The molecule has 0 aromatic carbocycles. The number of ether oxygens (including phenoxy) is 1. The molecule has 34 heavy (non-hydrogen) atoms. The van der Waals surface area contributed by atoms with Crippen LogP contribution in [-0.4, -0.2) is 50.1 Å². The fourth-order valence-electron chi connectivity index (χ4n) is 5.24. The lowest BCUT2D eigenvalue weighted by Gasteiger charge is -2.41. The Kier molecular flexibility index (Phi) is 6.22. The number of likely N-dealkylation sites (tertiary alicyclic amines) is 1. The lowest BCUT2D eigenvalue weighted by atomic mass is 9.89. The van der Waals surface area contributed by atoms with Gasteiger partial charge in [-0.15, -0.1) is 12.4 Å². The summed E-state index contributed by atoms with van der Waals surface area (Å²) in [6.07, 6.45) is 3.87. The van der Waals surface area contributed by atoms with Crippen LogP contribution >= 0.6 is 24.2 Å². The van der Waals surface area contributed by atoms with Crippen molar-refractivity contribution < 1.29 is 4.74 Å². The number of nitrogens with zero attached hydrogens (tertiary/aromatic N) is 4. The minimum Gasteiger partial charge on any atom is -0.480 e. The molecule has 0 amide bonds. The van der Waals surface area contributed by atoms with Crippen LogP contribution in [0.5, 0.6) is 5.75 Å². The third-order valence-corrected chi connectivity index (χ3v) is 8.12. The van der Waals surface area contributed by atoms with Crippen LogP contribution in [0, 0.1) is 0 Å². The topological polar surface area (TPSA) is 81.4 Å². The van der Waals surface area contributed by atoms with E-state index in [1.807, 2.05) is 22.9 Å². The van der Waals surface area contributed by atoms with Crippen LogP contribution in [0.4, 0.5) is 0 Å². The van der Waals surface area contributed by atoms with Gasteiger partial charge in [-0.1, -0.05) is 11.8 Å². The van der Waals surface area contributed by atoms with E-state index in [9.17, 15) is 9.59 Å². The molecule has 1 fully saturated rings. The number of aromatic nitrogens is 3. The molecular weight excluding hydrogens is 474 g/mol. The summed E-state index contributed by atoms with van der Waals surface area (Å²) in [5.74, 6) is 1.55. The first-order valence-corrected chi connectivity index (χ1v) is 12.4. The van der Waals surface area contributed by atoms with Crippen molar-refractivity contribution in [2.45, 2.75) is 49.3 Å². The summed E-state index contributed by atoms with van der Waals surface area (Å²) in [4.78, 5) is 33.2. The van der Waals surface area contributed by atoms with Gasteiger partial charge in [0.1, 0.15) is 11.6 Å². The predicted octanol–water partition coefficient (Wildman–Crippen LogP) is 2.62. The molecule has 6 heterocycles. The minimum absolute atomic E-state index is 0. The lowest BCUT2D eigenvalue weighted by molar-refractivity contribution is 0.128. The maximum Gasteiger partial charge on any atom is 0.252 e. The highest BCUT2D eigenvalue weighted by Gasteiger charge is 2.33. The Bertz CT molecular complexity index is 1340. The number of hydrogen-bond donors (Lipinski definition) is 1. The van der Waals surface area contributed by atoms with E-state index in [2.05, 4.69) is 28.2 Å². The van der Waals surface area contributed by atoms with E-state index >= 15 is 0 Å². The van der Waals surface area contributed by atoms with Crippen LogP contribution in [0.15, 0.2) is 51.0 Å². The van der Waals surface area contributed by atoms with Crippen molar-refractivity contribution in [2.24, 2.45) is 0 Å². The molecule has 10 heteroatoms. The highest BCUT2D eigenvalue weighted by atomic mass is 35.5. The third-order valence-electron chi connectivity index (χ3n) is 7.26. The van der Waals surface area contributed by atoms with Gasteiger partial charge in [0.25, 0.3) is 11.1 Å². The molecular formula is C24H28ClN5O3S. The lowest BCUT2D eigenvalue weighted by Crippen LogP contribution is -2.52. The average Bonchev–Trinajstić information content (AvgIpc) is 3.44. The molecule has 3 aromatic heterocycles. The molecule has 3 aliphatic heterocycles. The highest BCUT2D eigenvalue weighted by Crippen LogP contribution is 2.35. The summed E-state index contributed by atoms with van der Waals surface area (Å²) < 4.78 is 9.10. The molecule has 1 atom stereocenters. The molecule has 0 saturated carbocycles. The van der Waals surface area contributed by atoms with Gasteiger partial charge in [-0.25, -0.2) is 0 Å². The van der Waals surface area contributed by atoms with E-state index in [0.717, 1.165) is 61.5 Å². The molecule has 1 saturated heterocycles. The number of thioether (sulfide) groups is 1. The second-order valence-corrected chi connectivity index (χ2v) is 10.5. The quantitative estimate of drug-likeness (QED) is 0.575. The number of nitrogens with one attached hydrogen (secondary N) is 1. The van der Waals surface area contributed by atoms with Crippen molar-refractivity contribution in [3.05, 3.63) is 62.9 Å². The predicted molar refractivity (Wildman–Crippen MR) is 135 cm³/mol. The number of piperidine rings is 1. The largest absolute Gasteiger partial charge is 0.480 e. The maximum absolute atomic E-state index is 12.7. The molecule has 0 aliphatic carbocycles. The average molecular weight is 502 g/mol. The van der Waals surface area contributed by atoms with Crippen LogP contribution in [-0.2, 0) is 13.1 Å². The Balaban J connectivity index is 0.00000241. The summed E-state index contributed by atoms with van der Waals surface area (Å²) in [6, 6.07) is 8.95. The van der Waals surface area contributed by atoms with E-state index in [0.29, 0.717) is 12.5 Å². The van der Waals surface area contributed by atoms with Crippen molar-refractivity contribution >= 4 is 35.2 Å². The van der Waals surface area contributed by atoms with Crippen LogP contribution < -0.4 is 21.2 Å². The Morgan fingerprint density at radius 2 is 1.94 bits per heavy atom. The summed E-state index contributed by atoms with van der Waals surface area (Å²) in [5.41, 5.74) is 1.78. The Labute approximate surface area is 207 Å². The first-order chi connectivity index (χ1) is 16.0. The van der Waals surface area contributed by atoms with Crippen LogP contribution in [0.3, 0.4) is 0 Å². The van der Waals surface area contributed by atoms with E-state index < -0.39 is 0 Å². The molecule has 6 rings (SSSR count). The van der Waals surface area contributed by atoms with Gasteiger partial charge in [0, 0.05) is 42.7 Å². The number of hydrogen-bond acceptors (Lipinski definition) is 7. The second kappa shape index (κ2) is 9.03. The zero-order valence-electron chi connectivity index (χ0n) is 19.0. The van der Waals surface area contributed by atoms with Gasteiger partial charge < -0.3 is 15.0 Å². The fraction of sp³-hybridized carbons (Fsp3) is 0.458. The van der Waals surface area contributed by atoms with E-state index in [4.69, 9.17) is 4.74 Å². The molecule has 1 N–H and O–H groups in total. The standard InChI is InChI=1S/C24H27N5O3S.ClH/c1-24(26-11-17-10-20-19(12-25-17)32-15-33-20)6-8-27(9-7-24)13-18-14-28-21(30)4-2-16-3-5-22(31)29(18)23(16)28;/h2-5,10,12,18,26H,6-9,11,13-15H2,1H3;1H/t18-;/m1./s1. The van der Waals surface area contributed by atoms with Crippen molar-refractivity contribution in [3.63, 3.8) is 0 Å². The molecule has 3 aromatic rings. The van der Waals surface area contributed by atoms with Crippen molar-refractivity contribution in [2.75, 3.05) is 25.6 Å². The van der Waals surface area contributed by atoms with Crippen LogP contribution in [0.25, 0.3) is 11.0 Å². The Hall–Kier alpha value is -2.33. The van der Waals surface area contributed by atoms with Gasteiger partial charge in [-0.05, 0) is 51.1 Å². The van der Waals surface area contributed by atoms with Gasteiger partial charge in [0.2, 0.25) is 0 Å². The first kappa shape index (κ1) is 23.4. The highest BCUT2D eigenvalue weighted by molar-refractivity contribution is 7.99. The number of pyridine rings is 3. The summed E-state index contributed by atoms with van der Waals surface area (Å²) in [6.45, 7) is 6.27. The van der Waals surface area contributed by atoms with Crippen molar-refractivity contribution in [1.29, 1.82) is 0 Å². The van der Waals surface area contributed by atoms with Gasteiger partial charge >= 0.3 is 0 Å². The van der Waals surface area contributed by atoms with Crippen molar-refractivity contribution in [3.8, 4) is 5.75 Å². The molecule has 0 unspecified atom stereocenters. The molecule has 8 nitrogen and oxygen atoms in total. The SMILES string of the molecule is CC1(NCc2cc3c(cn2)OCS3)CCN(C[C@@H]2Cn3c(=O)ccc4ccc(=O)n2c43)CC1.Cl. The fourth-order valence-corrected chi connectivity index (χ4v) is 6.03. The zero-order chi connectivity index (χ0) is 22.6. The zero-order valence-corrected chi connectivity index (χ0v) is 20.7. The monoisotopic (exact) mass is 501 g/mol. The van der Waals surface area contributed by atoms with E-state index in [-0.39, 0.29) is 35.1 Å². The van der Waals surface area contributed by atoms with Crippen molar-refractivity contribution in [1.82, 2.24) is 24.3 Å². The normalized spacial score (nSPS) is 20.7. The number of halogens is 1. The molecule has 0 radical (unpaired) electrons. The van der Waals surface area contributed by atoms with E-state index in [1.165, 1.54) is 4.90 Å². The van der Waals surface area contributed by atoms with E-state index in [1.54, 1.807) is 28.5 Å². The smallest absolute Gasteiger partial charge is 0.252 e. The van der Waals surface area contributed by atoms with Gasteiger partial charge in [-0.3, -0.25) is 23.7 Å². The summed E-state index contributed by atoms with van der Waals surface area (Å²) in [5, 5.41) is 4.67. The second-order valence-electron chi connectivity index (χ2n) is 9.50. The maximum atomic E-state index is 12.7. The molecule has 0 bridgehead atoms. The van der Waals surface area contributed by atoms with Gasteiger partial charge in [0.15, 0.2) is 5.75 Å². The molecule has 3 aliphatic rings. The summed E-state index contributed by atoms with van der Waals surface area (Å²) in [7, 11) is 0. The molecule has 0 spiro atoms. The molecule has 180 valence electrons. The van der Waals surface area contributed by atoms with Crippen LogP contribution in [0.2, 0.25) is 0 Å². The van der Waals surface area contributed by atoms with Gasteiger partial charge in [0.05, 0.1) is 22.8 Å². The van der Waals surface area contributed by atoms with Gasteiger partial charge in [-0.2, -0.15) is 0 Å².